The first-order valence-electron chi connectivity index (χ1n) is 3.30. The van der Waals surface area contributed by atoms with Crippen LogP contribution in [0.3, 0.4) is 0 Å². The summed E-state index contributed by atoms with van der Waals surface area (Å²) in [6, 6.07) is 0. The Labute approximate surface area is 89.3 Å². The Morgan fingerprint density at radius 1 is 0.706 bits per heavy atom. The van der Waals surface area contributed by atoms with Gasteiger partial charge in [-0.15, -0.1) is 0 Å². The number of alkyl halides is 7. The van der Waals surface area contributed by atoms with Crippen LogP contribution in [0.2, 0.25) is 0 Å². The summed E-state index contributed by atoms with van der Waals surface area (Å²) < 4.78 is 85.5. The van der Waals surface area contributed by atoms with Gasteiger partial charge in [-0.1, -0.05) is 14.9 Å². The van der Waals surface area contributed by atoms with Crippen molar-refractivity contribution in [3.8, 4) is 0 Å². The Hall–Kier alpha value is -1.53. The van der Waals surface area contributed by atoms with E-state index in [4.69, 9.17) is 5.11 Å². The summed E-state index contributed by atoms with van der Waals surface area (Å²) in [6.07, 6.45) is 0. The summed E-state index contributed by atoms with van der Waals surface area (Å²) >= 11 is 0. The molecule has 0 rings (SSSR count). The van der Waals surface area contributed by atoms with Gasteiger partial charge in [0.15, 0.2) is 0 Å². The van der Waals surface area contributed by atoms with Crippen LogP contribution in [0.25, 0.3) is 0 Å². The first-order chi connectivity index (χ1) is 5.75. The first-order valence-corrected chi connectivity index (χ1v) is 3.30. The van der Waals surface area contributed by atoms with Crippen LogP contribution >= 0.6 is 0 Å². The smallest absolute Gasteiger partial charge is 0.357 e. The quantitative estimate of drug-likeness (QED) is 0.554. The second kappa shape index (κ2) is 5.20. The summed E-state index contributed by atoms with van der Waals surface area (Å²) in [4.78, 5) is 0. The number of halogens is 7. The molecular weight excluding hydrogens is 512 g/mol. The minimum Gasteiger partial charge on any atom is -0.357 e. The van der Waals surface area contributed by atoms with E-state index in [1.165, 1.54) is 0 Å². The zero-order valence-electron chi connectivity index (χ0n) is 7.80. The van der Waals surface area contributed by atoms with E-state index in [0.29, 0.717) is 0 Å². The van der Waals surface area contributed by atoms with Crippen LogP contribution < -0.4 is 0 Å². The molecule has 0 heterocycles. The molecule has 0 fully saturated rings. The molecule has 0 bridgehead atoms. The van der Waals surface area contributed by atoms with E-state index in [1.807, 2.05) is 0 Å². The van der Waals surface area contributed by atoms with Gasteiger partial charge in [-0.25, -0.2) is 4.39 Å². The third kappa shape index (κ3) is 3.47. The van der Waals surface area contributed by atoms with Gasteiger partial charge in [0.2, 0.25) is 0 Å². The Morgan fingerprint density at radius 2 is 0.941 bits per heavy atom. The minimum atomic E-state index is -5.97. The van der Waals surface area contributed by atoms with E-state index < -0.39 is 30.5 Å². The molecule has 17 heavy (non-hydrogen) atoms. The van der Waals surface area contributed by atoms with Crippen LogP contribution in [-0.2, 0) is 0 Å². The van der Waals surface area contributed by atoms with Crippen molar-refractivity contribution in [2.24, 2.45) is 0 Å². The van der Waals surface area contributed by atoms with Crippen molar-refractivity contribution in [3.05, 3.63) is 0 Å². The van der Waals surface area contributed by atoms with Crippen molar-refractivity contribution < 1.29 is 35.8 Å². The number of rotatable bonds is 3. The van der Waals surface area contributed by atoms with E-state index in [0.717, 1.165) is 0 Å². The molecule has 0 aromatic rings. The topological polar surface area (TPSA) is 20.2 Å². The zero-order chi connectivity index (χ0) is 12.0. The molecule has 0 radical (unpaired) electrons. The molecule has 0 saturated carbocycles. The molecule has 1 nitrogen and oxygen atoms in total. The molecule has 0 amide bonds. The van der Waals surface area contributed by atoms with E-state index in [9.17, 15) is 30.7 Å². The van der Waals surface area contributed by atoms with Gasteiger partial charge in [0.1, 0.15) is 0 Å². The summed E-state index contributed by atoms with van der Waals surface area (Å²) in [5.74, 6) is -21.7. The minimum absolute atomic E-state index is 0. The number of aliphatic hydroxyl groups is 1. The third-order valence-corrected chi connectivity index (χ3v) is 1.52. The van der Waals surface area contributed by atoms with E-state index >= 15 is 0 Å². The van der Waals surface area contributed by atoms with Gasteiger partial charge < -0.3 is 5.11 Å². The van der Waals surface area contributed by atoms with Crippen LogP contribution in [0.4, 0.5) is 30.7 Å². The van der Waals surface area contributed by atoms with E-state index in [2.05, 4.69) is 0 Å². The molecule has 0 aromatic carbocycles. The maximum Gasteiger partial charge on any atom is 0.377 e. The molecule has 0 aliphatic carbocycles. The standard InChI is InChI=1S/C6H7F7O.2CH4.Rf/c1-3(7,8)5(10,11)6(12,13)4(2,9)14;;;/h14H,1-2H3;2*1H4;. The van der Waals surface area contributed by atoms with Crippen molar-refractivity contribution in [1.82, 2.24) is 0 Å². The molecule has 1 N–H and O–H groups in total. The molecule has 0 aromatic heterocycles. The maximum atomic E-state index is 12.3. The molecule has 9 heteroatoms. The Bertz CT molecular complexity index is 195. The van der Waals surface area contributed by atoms with Crippen LogP contribution in [-0.4, -0.2) is 28.7 Å². The monoisotopic (exact) mass is 527 g/mol. The maximum absolute atomic E-state index is 12.3. The van der Waals surface area contributed by atoms with Gasteiger partial charge >= 0.3 is 17.8 Å². The van der Waals surface area contributed by atoms with Crippen LogP contribution in [0.15, 0.2) is 0 Å². The van der Waals surface area contributed by atoms with Crippen molar-refractivity contribution in [2.45, 2.75) is 52.3 Å². The summed E-state index contributed by atoms with van der Waals surface area (Å²) in [5.41, 5.74) is 0. The summed E-state index contributed by atoms with van der Waals surface area (Å²) in [6.45, 7) is -0.820. The SMILES string of the molecule is C.C.CC(O)(F)C(F)(F)C(F)(F)C(C)(F)F.[Rf]. The molecule has 104 valence electrons. The van der Waals surface area contributed by atoms with Crippen molar-refractivity contribution >= 4 is 0 Å². The molecule has 0 saturated heterocycles. The average Bonchev–Trinajstić information content (AvgIpc) is 1.81. The summed E-state index contributed by atoms with van der Waals surface area (Å²) in [7, 11) is 0. The molecule has 0 aliphatic heterocycles. The van der Waals surface area contributed by atoms with Crippen molar-refractivity contribution in [3.63, 3.8) is 0 Å². The molecule has 1 unspecified atom stereocenters. The van der Waals surface area contributed by atoms with Gasteiger partial charge in [-0.05, 0) is 0 Å². The van der Waals surface area contributed by atoms with Crippen LogP contribution in [0.5, 0.6) is 0 Å². The van der Waals surface area contributed by atoms with Gasteiger partial charge in [-0.2, -0.15) is 26.3 Å². The fourth-order valence-electron chi connectivity index (χ4n) is 0.562. The second-order valence-electron chi connectivity index (χ2n) is 2.99. The average molecular weight is 527 g/mol. The van der Waals surface area contributed by atoms with Gasteiger partial charge in [-0.3, -0.25) is 0 Å². The Morgan fingerprint density at radius 3 is 1.00 bits per heavy atom. The molecule has 0 spiro atoms. The fraction of sp³-hybridized carbons (Fsp3) is 1.00. The normalized spacial score (nSPS) is 15.9. The molecule has 1 atom stereocenters. The van der Waals surface area contributed by atoms with Crippen molar-refractivity contribution in [2.75, 3.05) is 0 Å². The molecular formula is C8H15F7ORf. The number of hydrogen-bond donors (Lipinski definition) is 1. The Kier molecular flexibility index (Phi) is 7.53. The van der Waals surface area contributed by atoms with Gasteiger partial charge in [0.25, 0.3) is 5.85 Å². The van der Waals surface area contributed by atoms with Gasteiger partial charge in [0.05, 0.1) is 0 Å². The third-order valence-electron chi connectivity index (χ3n) is 1.52. The zero-order valence-corrected chi connectivity index (χ0v) is 14.2. The van der Waals surface area contributed by atoms with E-state index in [1.54, 1.807) is 0 Å². The predicted octanol–water partition coefficient (Wildman–Crippen LogP) is 3.86. The van der Waals surface area contributed by atoms with Crippen molar-refractivity contribution in [1.29, 1.82) is 0 Å². The second-order valence-corrected chi connectivity index (χ2v) is 2.99. The Balaban J connectivity index is -0.000000282. The number of hydrogen-bond acceptors (Lipinski definition) is 1. The summed E-state index contributed by atoms with van der Waals surface area (Å²) in [5, 5.41) is 8.01. The van der Waals surface area contributed by atoms with Crippen LogP contribution in [0, 0.1) is 0 Å². The van der Waals surface area contributed by atoms with Gasteiger partial charge in [0, 0.05) is 13.8 Å². The van der Waals surface area contributed by atoms with Crippen LogP contribution in [0.1, 0.15) is 28.7 Å². The fourth-order valence-corrected chi connectivity index (χ4v) is 0.562. The predicted molar refractivity (Wildman–Crippen MR) is 45.7 cm³/mol. The largest absolute Gasteiger partial charge is 0.377 e. The van der Waals surface area contributed by atoms with E-state index in [-0.39, 0.29) is 21.8 Å². The molecule has 0 aliphatic rings. The first kappa shape index (κ1) is 24.6.